The number of hydrogen-bond donors (Lipinski definition) is 3. The minimum atomic E-state index is -0.949. The third kappa shape index (κ3) is 3.88. The topological polar surface area (TPSA) is 95.5 Å². The van der Waals surface area contributed by atoms with Crippen molar-refractivity contribution in [1.29, 1.82) is 0 Å². The third-order valence-corrected chi connectivity index (χ3v) is 4.45. The van der Waals surface area contributed by atoms with Gasteiger partial charge in [-0.1, -0.05) is 13.8 Å². The molecular weight excluding hydrogens is 296 g/mol. The molecule has 0 spiro atoms. The zero-order valence-corrected chi connectivity index (χ0v) is 13.6. The van der Waals surface area contributed by atoms with Crippen LogP contribution in [0.1, 0.15) is 49.5 Å². The maximum absolute atomic E-state index is 12.5. The molecule has 1 heterocycles. The van der Waals surface area contributed by atoms with E-state index in [1.54, 1.807) is 25.1 Å². The monoisotopic (exact) mass is 318 g/mol. The summed E-state index contributed by atoms with van der Waals surface area (Å²) in [5, 5.41) is 14.7. The number of hydrogen-bond acceptors (Lipinski definition) is 3. The molecule has 0 bridgehead atoms. The third-order valence-electron chi connectivity index (χ3n) is 4.45. The number of rotatable bonds is 5. The molecule has 6 heteroatoms. The van der Waals surface area contributed by atoms with E-state index >= 15 is 0 Å². The van der Waals surface area contributed by atoms with E-state index in [4.69, 9.17) is 5.11 Å². The van der Waals surface area contributed by atoms with Crippen molar-refractivity contribution in [3.05, 3.63) is 29.3 Å². The fraction of sp³-hybridized carbons (Fsp3) is 0.471. The molecule has 0 saturated heterocycles. The van der Waals surface area contributed by atoms with Crippen molar-refractivity contribution in [2.45, 2.75) is 45.6 Å². The summed E-state index contributed by atoms with van der Waals surface area (Å²) in [6.07, 6.45) is 0.858. The fourth-order valence-corrected chi connectivity index (χ4v) is 2.56. The zero-order chi connectivity index (χ0) is 17.2. The average Bonchev–Trinajstić information content (AvgIpc) is 2.45. The number of carboxylic acids is 1. The molecule has 3 N–H and O–H groups in total. The van der Waals surface area contributed by atoms with E-state index < -0.39 is 11.5 Å². The predicted octanol–water partition coefficient (Wildman–Crippen LogP) is 2.19. The van der Waals surface area contributed by atoms with Crippen LogP contribution in [0.2, 0.25) is 0 Å². The van der Waals surface area contributed by atoms with Crippen molar-refractivity contribution in [3.63, 3.8) is 0 Å². The average molecular weight is 318 g/mol. The second-order valence-electron chi connectivity index (χ2n) is 6.52. The minimum absolute atomic E-state index is 0.0245. The van der Waals surface area contributed by atoms with Crippen molar-refractivity contribution >= 4 is 23.5 Å². The van der Waals surface area contributed by atoms with Crippen LogP contribution in [0.5, 0.6) is 0 Å². The van der Waals surface area contributed by atoms with E-state index in [1.165, 1.54) is 0 Å². The van der Waals surface area contributed by atoms with Crippen molar-refractivity contribution in [1.82, 2.24) is 5.32 Å². The number of carbonyl (C=O) groups excluding carboxylic acids is 2. The van der Waals surface area contributed by atoms with Gasteiger partial charge in [-0.25, -0.2) is 0 Å². The molecular formula is C17H22N2O4. The summed E-state index contributed by atoms with van der Waals surface area (Å²) in [5.74, 6) is -1.31. The Kier molecular flexibility index (Phi) is 4.73. The Morgan fingerprint density at radius 2 is 2.04 bits per heavy atom. The molecule has 1 aliphatic heterocycles. The van der Waals surface area contributed by atoms with E-state index in [0.29, 0.717) is 18.4 Å². The van der Waals surface area contributed by atoms with Crippen LogP contribution in [-0.4, -0.2) is 28.4 Å². The molecule has 2 rings (SSSR count). The number of aliphatic carboxylic acids is 1. The lowest BCUT2D eigenvalue weighted by atomic mass is 9.85. The second-order valence-corrected chi connectivity index (χ2v) is 6.52. The van der Waals surface area contributed by atoms with Crippen LogP contribution < -0.4 is 10.6 Å². The van der Waals surface area contributed by atoms with Gasteiger partial charge in [0, 0.05) is 17.7 Å². The van der Waals surface area contributed by atoms with E-state index in [0.717, 1.165) is 11.3 Å². The predicted molar refractivity (Wildman–Crippen MR) is 86.4 cm³/mol. The van der Waals surface area contributed by atoms with E-state index in [1.807, 2.05) is 13.8 Å². The number of amides is 2. The number of nitrogens with one attached hydrogen (secondary N) is 2. The van der Waals surface area contributed by atoms with Crippen molar-refractivity contribution in [2.24, 2.45) is 5.92 Å². The maximum Gasteiger partial charge on any atom is 0.305 e. The molecule has 1 aliphatic rings. The molecule has 124 valence electrons. The van der Waals surface area contributed by atoms with Gasteiger partial charge in [-0.3, -0.25) is 14.4 Å². The summed E-state index contributed by atoms with van der Waals surface area (Å²) in [5.41, 5.74) is 1.29. The summed E-state index contributed by atoms with van der Waals surface area (Å²) in [6.45, 7) is 5.50. The first-order valence-electron chi connectivity index (χ1n) is 7.68. The van der Waals surface area contributed by atoms with Gasteiger partial charge in [0.1, 0.15) is 0 Å². The van der Waals surface area contributed by atoms with Crippen LogP contribution in [0.25, 0.3) is 0 Å². The summed E-state index contributed by atoms with van der Waals surface area (Å²) in [6, 6.07) is 5.11. The van der Waals surface area contributed by atoms with Gasteiger partial charge >= 0.3 is 5.97 Å². The Morgan fingerprint density at radius 3 is 2.65 bits per heavy atom. The first-order chi connectivity index (χ1) is 10.7. The van der Waals surface area contributed by atoms with Crippen molar-refractivity contribution < 1.29 is 19.5 Å². The molecule has 0 fully saturated rings. The summed E-state index contributed by atoms with van der Waals surface area (Å²) >= 11 is 0. The van der Waals surface area contributed by atoms with Gasteiger partial charge in [-0.2, -0.15) is 0 Å². The smallest absolute Gasteiger partial charge is 0.305 e. The van der Waals surface area contributed by atoms with Gasteiger partial charge in [0.15, 0.2) is 0 Å². The van der Waals surface area contributed by atoms with Crippen LogP contribution in [0.15, 0.2) is 18.2 Å². The van der Waals surface area contributed by atoms with Gasteiger partial charge in [0.2, 0.25) is 5.91 Å². The summed E-state index contributed by atoms with van der Waals surface area (Å²) in [7, 11) is 0. The lowest BCUT2D eigenvalue weighted by molar-refractivity contribution is -0.139. The largest absolute Gasteiger partial charge is 0.481 e. The highest BCUT2D eigenvalue weighted by Crippen LogP contribution is 2.25. The van der Waals surface area contributed by atoms with Crippen LogP contribution in [-0.2, 0) is 16.0 Å². The Hall–Kier alpha value is -2.37. The molecule has 2 amide bonds. The molecule has 6 nitrogen and oxygen atoms in total. The molecule has 1 aromatic carbocycles. The van der Waals surface area contributed by atoms with E-state index in [2.05, 4.69) is 10.6 Å². The highest BCUT2D eigenvalue weighted by Gasteiger charge is 2.33. The van der Waals surface area contributed by atoms with E-state index in [-0.39, 0.29) is 24.2 Å². The normalized spacial score (nSPS) is 16.3. The van der Waals surface area contributed by atoms with Gasteiger partial charge in [0.25, 0.3) is 5.91 Å². The molecule has 23 heavy (non-hydrogen) atoms. The first kappa shape index (κ1) is 17.0. The van der Waals surface area contributed by atoms with Gasteiger partial charge in [-0.05, 0) is 43.0 Å². The fourth-order valence-electron chi connectivity index (χ4n) is 2.56. The first-order valence-corrected chi connectivity index (χ1v) is 7.68. The Labute approximate surface area is 135 Å². The molecule has 1 aromatic rings. The summed E-state index contributed by atoms with van der Waals surface area (Å²) in [4.78, 5) is 34.9. The lowest BCUT2D eigenvalue weighted by Gasteiger charge is -2.33. The molecule has 0 aliphatic carbocycles. The molecule has 0 radical (unpaired) electrons. The SMILES string of the molecule is CC(C)C(C)(CC(=O)O)NC(=O)c1ccc2c(c1)CCC(=O)N2. The van der Waals surface area contributed by atoms with Crippen LogP contribution in [0.4, 0.5) is 5.69 Å². The molecule has 1 atom stereocenters. The van der Waals surface area contributed by atoms with Crippen LogP contribution >= 0.6 is 0 Å². The molecule has 0 aromatic heterocycles. The van der Waals surface area contributed by atoms with Crippen molar-refractivity contribution in [2.75, 3.05) is 5.32 Å². The molecule has 0 saturated carbocycles. The van der Waals surface area contributed by atoms with E-state index in [9.17, 15) is 14.4 Å². The number of carbonyl (C=O) groups is 3. The molecule has 1 unspecified atom stereocenters. The van der Waals surface area contributed by atoms with Gasteiger partial charge in [0.05, 0.1) is 12.0 Å². The second kappa shape index (κ2) is 6.40. The van der Waals surface area contributed by atoms with Crippen LogP contribution in [0, 0.1) is 5.92 Å². The maximum atomic E-state index is 12.5. The number of carboxylic acid groups (broad SMARTS) is 1. The quantitative estimate of drug-likeness (QED) is 0.775. The lowest BCUT2D eigenvalue weighted by Crippen LogP contribution is -2.51. The van der Waals surface area contributed by atoms with Crippen molar-refractivity contribution in [3.8, 4) is 0 Å². The van der Waals surface area contributed by atoms with Crippen LogP contribution in [0.3, 0.4) is 0 Å². The Balaban J connectivity index is 2.20. The Bertz CT molecular complexity index is 654. The number of benzene rings is 1. The zero-order valence-electron chi connectivity index (χ0n) is 13.6. The summed E-state index contributed by atoms with van der Waals surface area (Å²) < 4.78 is 0. The van der Waals surface area contributed by atoms with Gasteiger partial charge < -0.3 is 15.7 Å². The van der Waals surface area contributed by atoms with Gasteiger partial charge in [-0.15, -0.1) is 0 Å². The minimum Gasteiger partial charge on any atom is -0.481 e. The highest BCUT2D eigenvalue weighted by molar-refractivity contribution is 5.98. The standard InChI is InChI=1S/C17H22N2O4/c1-10(2)17(3,9-15(21)22)19-16(23)12-4-6-13-11(8-12)5-7-14(20)18-13/h4,6,8,10H,5,7,9H2,1-3H3,(H,18,20)(H,19,23)(H,21,22). The highest BCUT2D eigenvalue weighted by atomic mass is 16.4. The number of fused-ring (bicyclic) bond motifs is 1. The number of aryl methyl sites for hydroxylation is 1. The number of anilines is 1. The Morgan fingerprint density at radius 1 is 1.35 bits per heavy atom.